The lowest BCUT2D eigenvalue weighted by Crippen LogP contribution is -2.66. The van der Waals surface area contributed by atoms with Gasteiger partial charge < -0.3 is 38.6 Å². The fourth-order valence-corrected chi connectivity index (χ4v) is 7.35. The van der Waals surface area contributed by atoms with Crippen LogP contribution in [-0.4, -0.2) is 95.8 Å². The van der Waals surface area contributed by atoms with Gasteiger partial charge in [-0.15, -0.1) is 0 Å². The average molecular weight is 591 g/mol. The fourth-order valence-electron chi connectivity index (χ4n) is 7.35. The van der Waals surface area contributed by atoms with Crippen LogP contribution in [0.2, 0.25) is 0 Å². The highest BCUT2D eigenvalue weighted by Gasteiger charge is 2.83. The number of aliphatic hydroxyl groups is 2. The summed E-state index contributed by atoms with van der Waals surface area (Å²) < 4.78 is 35.7. The molecule has 232 valence electrons. The molecule has 10 atom stereocenters. The number of aliphatic hydroxyl groups excluding tert-OH is 1. The van der Waals surface area contributed by atoms with Crippen molar-refractivity contribution in [2.75, 3.05) is 19.8 Å². The van der Waals surface area contributed by atoms with Gasteiger partial charge in [0.1, 0.15) is 42.2 Å². The third-order valence-electron chi connectivity index (χ3n) is 10.1. The van der Waals surface area contributed by atoms with Gasteiger partial charge in [0.25, 0.3) is 0 Å². The number of carbonyl (C=O) groups excluding carboxylic acids is 3. The maximum atomic E-state index is 13.2. The largest absolute Gasteiger partial charge is 0.465 e. The monoisotopic (exact) mass is 590 g/mol. The van der Waals surface area contributed by atoms with E-state index in [1.54, 1.807) is 19.1 Å². The van der Waals surface area contributed by atoms with E-state index in [1.165, 1.54) is 31.6 Å². The lowest BCUT2D eigenvalue weighted by Gasteiger charge is -2.58. The first-order chi connectivity index (χ1) is 19.7. The van der Waals surface area contributed by atoms with Crippen LogP contribution in [0, 0.1) is 10.8 Å². The van der Waals surface area contributed by atoms with Crippen LogP contribution in [0.5, 0.6) is 0 Å². The second-order valence-electron chi connectivity index (χ2n) is 12.8. The molecule has 2 spiro atoms. The number of esters is 3. The molecule has 11 nitrogen and oxygen atoms in total. The third kappa shape index (κ3) is 5.23. The quantitative estimate of drug-likeness (QED) is 0.211. The van der Waals surface area contributed by atoms with Gasteiger partial charge in [-0.05, 0) is 33.6 Å². The number of cyclic esters (lactones) is 1. The van der Waals surface area contributed by atoms with Gasteiger partial charge in [0.2, 0.25) is 0 Å². The van der Waals surface area contributed by atoms with Crippen LogP contribution in [0.4, 0.5) is 0 Å². The molecule has 3 fully saturated rings. The zero-order valence-electron chi connectivity index (χ0n) is 24.9. The molecule has 1 saturated carbocycles. The summed E-state index contributed by atoms with van der Waals surface area (Å²) >= 11 is 0. The Labute approximate surface area is 245 Å². The number of carbonyl (C=O) groups is 3. The molecule has 2 N–H and O–H groups in total. The Morgan fingerprint density at radius 3 is 2.60 bits per heavy atom. The first-order valence-electron chi connectivity index (χ1n) is 14.6. The van der Waals surface area contributed by atoms with Crippen molar-refractivity contribution in [2.45, 2.75) is 108 Å². The number of epoxide rings is 1. The van der Waals surface area contributed by atoms with Gasteiger partial charge in [0, 0.05) is 24.8 Å². The Bertz CT molecular complexity index is 1180. The summed E-state index contributed by atoms with van der Waals surface area (Å²) in [5.41, 5.74) is -2.84. The molecule has 3 heterocycles. The van der Waals surface area contributed by atoms with Crippen LogP contribution in [-0.2, 0) is 42.8 Å². The van der Waals surface area contributed by atoms with Crippen LogP contribution in [0.3, 0.4) is 0 Å². The molecule has 0 amide bonds. The molecule has 5 aliphatic rings. The van der Waals surface area contributed by atoms with Gasteiger partial charge in [-0.3, -0.25) is 9.59 Å². The number of hydrogen-bond acceptors (Lipinski definition) is 11. The van der Waals surface area contributed by atoms with E-state index < -0.39 is 70.8 Å². The van der Waals surface area contributed by atoms with Gasteiger partial charge >= 0.3 is 17.9 Å². The van der Waals surface area contributed by atoms with Crippen molar-refractivity contribution >= 4 is 17.9 Å². The lowest BCUT2D eigenvalue weighted by atomic mass is 9.51. The predicted molar refractivity (Wildman–Crippen MR) is 147 cm³/mol. The minimum atomic E-state index is -1.87. The second kappa shape index (κ2) is 11.2. The van der Waals surface area contributed by atoms with Crippen molar-refractivity contribution in [1.82, 2.24) is 0 Å². The summed E-state index contributed by atoms with van der Waals surface area (Å²) in [7, 11) is 0. The maximum Gasteiger partial charge on any atom is 0.331 e. The van der Waals surface area contributed by atoms with Crippen molar-refractivity contribution in [3.8, 4) is 0 Å². The number of hydrogen-bond donors (Lipinski definition) is 2. The highest BCUT2D eigenvalue weighted by Crippen LogP contribution is 2.72. The van der Waals surface area contributed by atoms with E-state index in [0.717, 1.165) is 6.42 Å². The number of rotatable bonds is 2. The van der Waals surface area contributed by atoms with Gasteiger partial charge in [-0.25, -0.2) is 4.79 Å². The minimum absolute atomic E-state index is 0.0358. The molecule has 0 radical (unpaired) electrons. The van der Waals surface area contributed by atoms with Crippen LogP contribution in [0.15, 0.2) is 36.0 Å². The Balaban J connectivity index is 1.49. The highest BCUT2D eigenvalue weighted by atomic mass is 16.6. The molecule has 5 rings (SSSR count). The number of ether oxygens (including phenoxy) is 6. The molecule has 0 aromatic carbocycles. The van der Waals surface area contributed by atoms with Gasteiger partial charge in [-0.1, -0.05) is 36.8 Å². The molecule has 0 aromatic rings. The Morgan fingerprint density at radius 2 is 1.90 bits per heavy atom. The summed E-state index contributed by atoms with van der Waals surface area (Å²) in [4.78, 5) is 37.8. The van der Waals surface area contributed by atoms with Gasteiger partial charge in [0.15, 0.2) is 0 Å². The Kier molecular flexibility index (Phi) is 8.21. The molecule has 2 saturated heterocycles. The normalized spacial score (nSPS) is 46.2. The summed E-state index contributed by atoms with van der Waals surface area (Å²) in [6.45, 7) is 8.37. The second-order valence-corrected chi connectivity index (χ2v) is 12.8. The maximum absolute atomic E-state index is 13.2. The van der Waals surface area contributed by atoms with E-state index >= 15 is 0 Å². The number of allylic oxidation sites excluding steroid dienone is 3. The van der Waals surface area contributed by atoms with E-state index in [1.807, 2.05) is 6.92 Å². The van der Waals surface area contributed by atoms with Gasteiger partial charge in [-0.2, -0.15) is 0 Å². The molecular weight excluding hydrogens is 548 g/mol. The van der Waals surface area contributed by atoms with Crippen molar-refractivity contribution < 1.29 is 53.0 Å². The standard InChI is InChI=1S/C31H42O11/c1-18-10-11-30-16-38-27(35)14-28(4,36)22(33)15-37-21(19(2)40-20(3)32)8-6-7-9-26(34)42-23-13-25(41-24(30)12-18)31(17-39-31)29(23,30)5/h6-9,12,19,21-25,33,36H,10-11,13-17H2,1-5H3/b8-6-,9-7-/t19?,21-,22?,23-,24-,25-,28-,29-,30-,31-/m1/s1. The zero-order chi connectivity index (χ0) is 30.5. The Morgan fingerprint density at radius 1 is 1.17 bits per heavy atom. The van der Waals surface area contributed by atoms with Crippen LogP contribution in [0.25, 0.3) is 0 Å². The summed E-state index contributed by atoms with van der Waals surface area (Å²) in [6, 6.07) is 0. The topological polar surface area (TPSA) is 150 Å². The van der Waals surface area contributed by atoms with E-state index in [0.29, 0.717) is 19.4 Å². The molecular formula is C31H42O11. The SMILES string of the molecule is CC(=O)OC(C)[C@H]1/C=C\C=C/C(=O)O[C@@H]2C[C@H]3O[C@@H]4C=C(C)CC[C@]4(COC(=O)C[C@@](C)(O)C(O)CO1)[C@]2(C)[C@@]31CO1. The molecule has 2 bridgehead atoms. The fraction of sp³-hybridized carbons (Fsp3) is 0.710. The average Bonchev–Trinajstić information content (AvgIpc) is 3.68. The lowest BCUT2D eigenvalue weighted by molar-refractivity contribution is -0.234. The third-order valence-corrected chi connectivity index (χ3v) is 10.1. The van der Waals surface area contributed by atoms with Crippen molar-refractivity contribution in [3.63, 3.8) is 0 Å². The van der Waals surface area contributed by atoms with E-state index in [2.05, 4.69) is 13.0 Å². The smallest absolute Gasteiger partial charge is 0.331 e. The van der Waals surface area contributed by atoms with E-state index in [4.69, 9.17) is 28.4 Å². The summed E-state index contributed by atoms with van der Waals surface area (Å²) in [5.74, 6) is -1.76. The van der Waals surface area contributed by atoms with Crippen LogP contribution < -0.4 is 0 Å². The first kappa shape index (κ1) is 30.9. The Hall–Kier alpha value is -2.57. The molecule has 3 aliphatic heterocycles. The highest BCUT2D eigenvalue weighted by molar-refractivity contribution is 5.82. The van der Waals surface area contributed by atoms with Gasteiger partial charge in [0.05, 0.1) is 37.3 Å². The van der Waals surface area contributed by atoms with E-state index in [9.17, 15) is 24.6 Å². The summed E-state index contributed by atoms with van der Waals surface area (Å²) in [5, 5.41) is 21.8. The first-order valence-corrected chi connectivity index (χ1v) is 14.6. The van der Waals surface area contributed by atoms with Crippen molar-refractivity contribution in [2.24, 2.45) is 10.8 Å². The molecule has 2 aliphatic carbocycles. The minimum Gasteiger partial charge on any atom is -0.465 e. The molecule has 0 aromatic heterocycles. The summed E-state index contributed by atoms with van der Waals surface area (Å²) in [6.07, 6.45) is 5.09. The molecule has 11 heteroatoms. The van der Waals surface area contributed by atoms with Crippen molar-refractivity contribution in [1.29, 1.82) is 0 Å². The van der Waals surface area contributed by atoms with Crippen molar-refractivity contribution in [3.05, 3.63) is 36.0 Å². The van der Waals surface area contributed by atoms with Crippen LogP contribution in [0.1, 0.15) is 60.3 Å². The van der Waals surface area contributed by atoms with E-state index in [-0.39, 0.29) is 25.4 Å². The van der Waals surface area contributed by atoms with Crippen LogP contribution >= 0.6 is 0 Å². The molecule has 42 heavy (non-hydrogen) atoms. The predicted octanol–water partition coefficient (Wildman–Crippen LogP) is 2.08. The zero-order valence-corrected chi connectivity index (χ0v) is 24.9. The molecule has 2 unspecified atom stereocenters.